The molecule has 1 heterocycles. The molecule has 1 atom stereocenters. The van der Waals surface area contributed by atoms with E-state index < -0.39 is 0 Å². The fourth-order valence-corrected chi connectivity index (χ4v) is 1.67. The lowest BCUT2D eigenvalue weighted by Gasteiger charge is -2.16. The number of hydrogen-bond donors (Lipinski definition) is 0. The molecule has 0 N–H and O–H groups in total. The van der Waals surface area contributed by atoms with E-state index in [0.717, 1.165) is 19.0 Å². The lowest BCUT2D eigenvalue weighted by Crippen LogP contribution is -2.18. The van der Waals surface area contributed by atoms with Gasteiger partial charge in [0.25, 0.3) is 0 Å². The van der Waals surface area contributed by atoms with Crippen LogP contribution in [0.15, 0.2) is 12.3 Å². The van der Waals surface area contributed by atoms with Crippen molar-refractivity contribution in [3.63, 3.8) is 0 Å². The quantitative estimate of drug-likeness (QED) is 0.499. The average molecular weight is 197 g/mol. The third-order valence-electron chi connectivity index (χ3n) is 2.67. The van der Waals surface area contributed by atoms with Crippen LogP contribution in [0.25, 0.3) is 0 Å². The summed E-state index contributed by atoms with van der Waals surface area (Å²) in [6.07, 6.45) is 7.07. The summed E-state index contributed by atoms with van der Waals surface area (Å²) in [6.45, 7) is 4.39. The Kier molecular flexibility index (Phi) is 4.50. The lowest BCUT2D eigenvalue weighted by molar-refractivity contribution is -0.134. The van der Waals surface area contributed by atoms with Crippen molar-refractivity contribution < 1.29 is 9.53 Å². The molecule has 0 radical (unpaired) electrons. The summed E-state index contributed by atoms with van der Waals surface area (Å²) in [5, 5.41) is 0. The zero-order valence-corrected chi connectivity index (χ0v) is 9.03. The first kappa shape index (κ1) is 11.1. The summed E-state index contributed by atoms with van der Waals surface area (Å²) in [6, 6.07) is 0. The van der Waals surface area contributed by atoms with Gasteiger partial charge in [0.1, 0.15) is 0 Å². The first-order valence-electron chi connectivity index (χ1n) is 5.22. The van der Waals surface area contributed by atoms with Crippen LogP contribution in [0.5, 0.6) is 0 Å². The minimum Gasteiger partial charge on any atom is -0.466 e. The van der Waals surface area contributed by atoms with Crippen LogP contribution in [0.3, 0.4) is 0 Å². The molecule has 0 spiro atoms. The second kappa shape index (κ2) is 5.68. The van der Waals surface area contributed by atoms with Crippen molar-refractivity contribution in [1.82, 2.24) is 4.90 Å². The highest BCUT2D eigenvalue weighted by Gasteiger charge is 2.10. The summed E-state index contributed by atoms with van der Waals surface area (Å²) in [4.78, 5) is 13.1. The molecule has 1 aliphatic rings. The van der Waals surface area contributed by atoms with Crippen LogP contribution in [-0.4, -0.2) is 31.1 Å². The van der Waals surface area contributed by atoms with Crippen LogP contribution in [0.2, 0.25) is 0 Å². The summed E-state index contributed by atoms with van der Waals surface area (Å²) in [5.74, 6) is 0.536. The van der Waals surface area contributed by atoms with Crippen molar-refractivity contribution in [2.24, 2.45) is 5.92 Å². The largest absolute Gasteiger partial charge is 0.466 e. The van der Waals surface area contributed by atoms with Gasteiger partial charge in [-0.25, -0.2) is 4.79 Å². The SMILES string of the molecule is COC(=O)C=CN1CCCC(C)CC1. The van der Waals surface area contributed by atoms with Gasteiger partial charge < -0.3 is 9.64 Å². The highest BCUT2D eigenvalue weighted by Crippen LogP contribution is 2.16. The molecule has 0 bridgehead atoms. The predicted octanol–water partition coefficient (Wildman–Crippen LogP) is 1.80. The maximum atomic E-state index is 10.9. The normalized spacial score (nSPS) is 23.6. The minimum atomic E-state index is -0.276. The molecule has 1 aliphatic heterocycles. The Bertz CT molecular complexity index is 213. The molecule has 0 amide bonds. The third-order valence-corrected chi connectivity index (χ3v) is 2.67. The molecule has 80 valence electrons. The number of carbonyl (C=O) groups excluding carboxylic acids is 1. The number of esters is 1. The minimum absolute atomic E-state index is 0.276. The van der Waals surface area contributed by atoms with E-state index in [1.165, 1.54) is 32.4 Å². The Morgan fingerprint density at radius 1 is 1.43 bits per heavy atom. The fourth-order valence-electron chi connectivity index (χ4n) is 1.67. The molecule has 0 aromatic carbocycles. The molecule has 0 aromatic rings. The van der Waals surface area contributed by atoms with Crippen LogP contribution in [0.4, 0.5) is 0 Å². The van der Waals surface area contributed by atoms with Gasteiger partial charge in [0.05, 0.1) is 7.11 Å². The van der Waals surface area contributed by atoms with Gasteiger partial charge in [-0.15, -0.1) is 0 Å². The maximum Gasteiger partial charge on any atom is 0.331 e. The van der Waals surface area contributed by atoms with Crippen molar-refractivity contribution in [2.75, 3.05) is 20.2 Å². The Morgan fingerprint density at radius 3 is 2.93 bits per heavy atom. The van der Waals surface area contributed by atoms with Crippen molar-refractivity contribution in [1.29, 1.82) is 0 Å². The van der Waals surface area contributed by atoms with E-state index in [9.17, 15) is 4.79 Å². The van der Waals surface area contributed by atoms with Gasteiger partial charge in [-0.05, 0) is 25.2 Å². The van der Waals surface area contributed by atoms with Crippen LogP contribution >= 0.6 is 0 Å². The summed E-state index contributed by atoms with van der Waals surface area (Å²) >= 11 is 0. The average Bonchev–Trinajstić information content (AvgIpc) is 2.39. The lowest BCUT2D eigenvalue weighted by atomic mass is 10.0. The van der Waals surface area contributed by atoms with E-state index in [-0.39, 0.29) is 5.97 Å². The number of likely N-dealkylation sites (tertiary alicyclic amines) is 1. The van der Waals surface area contributed by atoms with Gasteiger partial charge >= 0.3 is 5.97 Å². The highest BCUT2D eigenvalue weighted by atomic mass is 16.5. The first-order valence-corrected chi connectivity index (χ1v) is 5.22. The van der Waals surface area contributed by atoms with Gasteiger partial charge in [0, 0.05) is 25.4 Å². The van der Waals surface area contributed by atoms with Crippen LogP contribution < -0.4 is 0 Å². The first-order chi connectivity index (χ1) is 6.72. The molecule has 3 heteroatoms. The summed E-state index contributed by atoms with van der Waals surface area (Å²) < 4.78 is 4.54. The topological polar surface area (TPSA) is 29.5 Å². The van der Waals surface area contributed by atoms with Gasteiger partial charge in [0.2, 0.25) is 0 Å². The molecule has 3 nitrogen and oxygen atoms in total. The summed E-state index contributed by atoms with van der Waals surface area (Å²) in [5.41, 5.74) is 0. The van der Waals surface area contributed by atoms with Crippen LogP contribution in [-0.2, 0) is 9.53 Å². The molecule has 1 rings (SSSR count). The Balaban J connectivity index is 2.37. The molecule has 1 fully saturated rings. The molecule has 0 saturated carbocycles. The molecule has 1 unspecified atom stereocenters. The van der Waals surface area contributed by atoms with E-state index in [2.05, 4.69) is 16.6 Å². The Labute approximate surface area is 85.7 Å². The zero-order chi connectivity index (χ0) is 10.4. The van der Waals surface area contributed by atoms with E-state index in [0.29, 0.717) is 0 Å². The van der Waals surface area contributed by atoms with E-state index in [4.69, 9.17) is 0 Å². The van der Waals surface area contributed by atoms with Gasteiger partial charge in [-0.1, -0.05) is 6.92 Å². The second-order valence-electron chi connectivity index (χ2n) is 3.91. The third kappa shape index (κ3) is 3.81. The van der Waals surface area contributed by atoms with Crippen molar-refractivity contribution in [3.05, 3.63) is 12.3 Å². The predicted molar refractivity (Wildman–Crippen MR) is 55.7 cm³/mol. The molecule has 0 aliphatic carbocycles. The van der Waals surface area contributed by atoms with Gasteiger partial charge in [-0.3, -0.25) is 0 Å². The number of rotatable bonds is 2. The second-order valence-corrected chi connectivity index (χ2v) is 3.91. The molecule has 0 aromatic heterocycles. The van der Waals surface area contributed by atoms with Crippen molar-refractivity contribution in [3.8, 4) is 0 Å². The van der Waals surface area contributed by atoms with E-state index in [1.807, 2.05) is 6.20 Å². The van der Waals surface area contributed by atoms with Crippen LogP contribution in [0.1, 0.15) is 26.2 Å². The number of ether oxygens (including phenoxy) is 1. The smallest absolute Gasteiger partial charge is 0.331 e. The van der Waals surface area contributed by atoms with Crippen molar-refractivity contribution >= 4 is 5.97 Å². The number of hydrogen-bond acceptors (Lipinski definition) is 3. The van der Waals surface area contributed by atoms with Gasteiger partial charge in [-0.2, -0.15) is 0 Å². The van der Waals surface area contributed by atoms with E-state index in [1.54, 1.807) is 0 Å². The zero-order valence-electron chi connectivity index (χ0n) is 9.03. The maximum absolute atomic E-state index is 10.9. The van der Waals surface area contributed by atoms with Gasteiger partial charge in [0.15, 0.2) is 0 Å². The standard InChI is InChI=1S/C11H19NO2/c1-10-4-3-7-12(8-5-10)9-6-11(13)14-2/h6,9-10H,3-5,7-8H2,1-2H3. The Morgan fingerprint density at radius 2 is 2.21 bits per heavy atom. The number of carbonyl (C=O) groups is 1. The van der Waals surface area contributed by atoms with Crippen molar-refractivity contribution in [2.45, 2.75) is 26.2 Å². The number of nitrogens with zero attached hydrogens (tertiary/aromatic N) is 1. The molecular weight excluding hydrogens is 178 g/mol. The molecule has 1 saturated heterocycles. The molecule has 14 heavy (non-hydrogen) atoms. The molecular formula is C11H19NO2. The fraction of sp³-hybridized carbons (Fsp3) is 0.727. The Hall–Kier alpha value is -0.990. The van der Waals surface area contributed by atoms with Crippen LogP contribution in [0, 0.1) is 5.92 Å². The summed E-state index contributed by atoms with van der Waals surface area (Å²) in [7, 11) is 1.40. The monoisotopic (exact) mass is 197 g/mol. The van der Waals surface area contributed by atoms with E-state index >= 15 is 0 Å². The number of methoxy groups -OCH3 is 1. The highest BCUT2D eigenvalue weighted by molar-refractivity contribution is 5.81.